The minimum absolute atomic E-state index is 0.239. The van der Waals surface area contributed by atoms with E-state index in [2.05, 4.69) is 26.1 Å². The molecule has 106 valence electrons. The number of nitrogens with zero attached hydrogens (tertiary/aromatic N) is 1. The summed E-state index contributed by atoms with van der Waals surface area (Å²) in [4.78, 5) is 10.7. The molecule has 0 heterocycles. The quantitative estimate of drug-likeness (QED) is 0.577. The predicted molar refractivity (Wildman–Crippen MR) is 78.3 cm³/mol. The maximum Gasteiger partial charge on any atom is 0.272 e. The third-order valence-corrected chi connectivity index (χ3v) is 3.62. The van der Waals surface area contributed by atoms with E-state index in [4.69, 9.17) is 0 Å². The van der Waals surface area contributed by atoms with Gasteiger partial charge >= 0.3 is 0 Å². The van der Waals surface area contributed by atoms with Crippen LogP contribution in [0.2, 0.25) is 0 Å². The largest absolute Gasteiger partial charge is 0.314 e. The maximum absolute atomic E-state index is 11.0. The van der Waals surface area contributed by atoms with Gasteiger partial charge in [0.2, 0.25) is 0 Å². The molecule has 0 aliphatic carbocycles. The molecule has 4 heteroatoms. The van der Waals surface area contributed by atoms with Crippen LogP contribution in [0, 0.1) is 16.0 Å². The molecule has 1 aromatic rings. The highest BCUT2D eigenvalue weighted by Gasteiger charge is 2.20. The number of nitro benzene ring substituents is 1. The van der Waals surface area contributed by atoms with Crippen molar-refractivity contribution in [2.75, 3.05) is 6.54 Å². The van der Waals surface area contributed by atoms with Gasteiger partial charge in [-0.25, -0.2) is 0 Å². The highest BCUT2D eigenvalue weighted by atomic mass is 16.6. The van der Waals surface area contributed by atoms with E-state index in [1.807, 2.05) is 12.1 Å². The van der Waals surface area contributed by atoms with Crippen molar-refractivity contribution in [1.29, 1.82) is 0 Å². The van der Waals surface area contributed by atoms with Crippen LogP contribution >= 0.6 is 0 Å². The second-order valence-corrected chi connectivity index (χ2v) is 5.00. The number of hydrogen-bond acceptors (Lipinski definition) is 3. The van der Waals surface area contributed by atoms with Gasteiger partial charge in [-0.1, -0.05) is 38.5 Å². The molecular formula is C15H24N2O2. The zero-order valence-corrected chi connectivity index (χ0v) is 12.1. The summed E-state index contributed by atoms with van der Waals surface area (Å²) >= 11 is 0. The molecule has 2 unspecified atom stereocenters. The first-order chi connectivity index (χ1) is 9.10. The van der Waals surface area contributed by atoms with Gasteiger partial charge in [0.25, 0.3) is 5.69 Å². The number of nitrogens with one attached hydrogen (secondary N) is 1. The monoisotopic (exact) mass is 264 g/mol. The van der Waals surface area contributed by atoms with Crippen LogP contribution < -0.4 is 5.32 Å². The molecule has 1 rings (SSSR count). The highest BCUT2D eigenvalue weighted by Crippen LogP contribution is 2.24. The van der Waals surface area contributed by atoms with Gasteiger partial charge in [0, 0.05) is 17.7 Å². The average molecular weight is 264 g/mol. The molecule has 0 saturated heterocycles. The van der Waals surface area contributed by atoms with Crippen LogP contribution in [0.3, 0.4) is 0 Å². The SMILES string of the molecule is CCCNC(C)C(CC)Cc1ccccc1[N+](=O)[O-]. The first-order valence-electron chi connectivity index (χ1n) is 7.05. The van der Waals surface area contributed by atoms with Crippen molar-refractivity contribution in [3.8, 4) is 0 Å². The molecular weight excluding hydrogens is 240 g/mol. The molecule has 1 N–H and O–H groups in total. The first-order valence-corrected chi connectivity index (χ1v) is 7.05. The number of nitro groups is 1. The fraction of sp³-hybridized carbons (Fsp3) is 0.600. The molecule has 0 saturated carbocycles. The molecule has 0 amide bonds. The van der Waals surface area contributed by atoms with Crippen LogP contribution in [0.1, 0.15) is 39.2 Å². The molecule has 0 radical (unpaired) electrons. The Balaban J connectivity index is 2.78. The van der Waals surface area contributed by atoms with Crippen LogP contribution in [0.15, 0.2) is 24.3 Å². The Morgan fingerprint density at radius 1 is 1.32 bits per heavy atom. The summed E-state index contributed by atoms with van der Waals surface area (Å²) in [7, 11) is 0. The standard InChI is InChI=1S/C15H24N2O2/c1-4-10-16-12(3)13(5-2)11-14-8-6-7-9-15(14)17(18)19/h6-9,12-13,16H,4-5,10-11H2,1-3H3. The van der Waals surface area contributed by atoms with Gasteiger partial charge in [-0.15, -0.1) is 0 Å². The lowest BCUT2D eigenvalue weighted by molar-refractivity contribution is -0.385. The molecule has 1 aromatic carbocycles. The second kappa shape index (κ2) is 7.89. The minimum Gasteiger partial charge on any atom is -0.314 e. The van der Waals surface area contributed by atoms with Gasteiger partial charge in [0.15, 0.2) is 0 Å². The van der Waals surface area contributed by atoms with Crippen molar-refractivity contribution in [1.82, 2.24) is 5.32 Å². The third-order valence-electron chi connectivity index (χ3n) is 3.62. The molecule has 0 spiro atoms. The van der Waals surface area contributed by atoms with Gasteiger partial charge in [-0.2, -0.15) is 0 Å². The van der Waals surface area contributed by atoms with Crippen molar-refractivity contribution >= 4 is 5.69 Å². The van der Waals surface area contributed by atoms with Crippen molar-refractivity contribution in [3.05, 3.63) is 39.9 Å². The van der Waals surface area contributed by atoms with E-state index in [1.165, 1.54) is 0 Å². The minimum atomic E-state index is -0.286. The average Bonchev–Trinajstić information content (AvgIpc) is 2.42. The van der Waals surface area contributed by atoms with E-state index in [9.17, 15) is 10.1 Å². The Bertz CT molecular complexity index is 407. The van der Waals surface area contributed by atoms with E-state index in [0.29, 0.717) is 12.0 Å². The second-order valence-electron chi connectivity index (χ2n) is 5.00. The van der Waals surface area contributed by atoms with Crippen molar-refractivity contribution in [2.45, 2.75) is 46.1 Å². The van der Waals surface area contributed by atoms with E-state index in [1.54, 1.807) is 12.1 Å². The maximum atomic E-state index is 11.0. The van der Waals surface area contributed by atoms with Gasteiger partial charge in [-0.05, 0) is 32.2 Å². The van der Waals surface area contributed by atoms with E-state index < -0.39 is 0 Å². The number of para-hydroxylation sites is 1. The zero-order chi connectivity index (χ0) is 14.3. The van der Waals surface area contributed by atoms with Crippen molar-refractivity contribution < 1.29 is 4.92 Å². The molecule has 4 nitrogen and oxygen atoms in total. The molecule has 0 aromatic heterocycles. The third kappa shape index (κ3) is 4.63. The van der Waals surface area contributed by atoms with Gasteiger partial charge < -0.3 is 5.32 Å². The van der Waals surface area contributed by atoms with Crippen molar-refractivity contribution in [2.24, 2.45) is 5.92 Å². The summed E-state index contributed by atoms with van der Waals surface area (Å²) in [6.07, 6.45) is 2.88. The lowest BCUT2D eigenvalue weighted by atomic mass is 9.90. The molecule has 0 fully saturated rings. The molecule has 0 bridgehead atoms. The fourth-order valence-corrected chi connectivity index (χ4v) is 2.36. The topological polar surface area (TPSA) is 55.2 Å². The first kappa shape index (κ1) is 15.6. The molecule has 0 aliphatic rings. The van der Waals surface area contributed by atoms with Gasteiger partial charge in [0.05, 0.1) is 4.92 Å². The number of hydrogen-bond donors (Lipinski definition) is 1. The number of rotatable bonds is 8. The van der Waals surface area contributed by atoms with E-state index >= 15 is 0 Å². The van der Waals surface area contributed by atoms with Crippen LogP contribution in [0.4, 0.5) is 5.69 Å². The van der Waals surface area contributed by atoms with Crippen LogP contribution in [0.25, 0.3) is 0 Å². The van der Waals surface area contributed by atoms with Crippen LogP contribution in [-0.2, 0) is 6.42 Å². The summed E-state index contributed by atoms with van der Waals surface area (Å²) < 4.78 is 0. The van der Waals surface area contributed by atoms with Gasteiger partial charge in [0.1, 0.15) is 0 Å². The summed E-state index contributed by atoms with van der Waals surface area (Å²) in [6, 6.07) is 7.44. The van der Waals surface area contributed by atoms with Crippen molar-refractivity contribution in [3.63, 3.8) is 0 Å². The summed E-state index contributed by atoms with van der Waals surface area (Å²) in [5.74, 6) is 0.424. The predicted octanol–water partition coefficient (Wildman–Crippen LogP) is 3.55. The molecule has 19 heavy (non-hydrogen) atoms. The van der Waals surface area contributed by atoms with Gasteiger partial charge in [-0.3, -0.25) is 10.1 Å². The lowest BCUT2D eigenvalue weighted by Gasteiger charge is -2.23. The van der Waals surface area contributed by atoms with E-state index in [0.717, 1.165) is 31.4 Å². The highest BCUT2D eigenvalue weighted by molar-refractivity contribution is 5.40. The lowest BCUT2D eigenvalue weighted by Crippen LogP contribution is -2.35. The Morgan fingerprint density at radius 3 is 2.58 bits per heavy atom. The van der Waals surface area contributed by atoms with Crippen LogP contribution in [-0.4, -0.2) is 17.5 Å². The summed E-state index contributed by atoms with van der Waals surface area (Å²) in [6.45, 7) is 7.44. The zero-order valence-electron chi connectivity index (χ0n) is 12.1. The number of benzene rings is 1. The summed E-state index contributed by atoms with van der Waals surface area (Å²) in [5, 5.41) is 14.5. The molecule has 0 aliphatic heterocycles. The smallest absolute Gasteiger partial charge is 0.272 e. The normalized spacial score (nSPS) is 14.1. The summed E-state index contributed by atoms with van der Waals surface area (Å²) in [5.41, 5.74) is 1.08. The Labute approximate surface area is 115 Å². The molecule has 2 atom stereocenters. The van der Waals surface area contributed by atoms with Crippen LogP contribution in [0.5, 0.6) is 0 Å². The Kier molecular flexibility index (Phi) is 6.50. The fourth-order valence-electron chi connectivity index (χ4n) is 2.36. The van der Waals surface area contributed by atoms with E-state index in [-0.39, 0.29) is 10.6 Å². The Morgan fingerprint density at radius 2 is 2.00 bits per heavy atom. The Hall–Kier alpha value is -1.42.